The molecule has 0 bridgehead atoms. The molecule has 0 aromatic rings. The van der Waals surface area contributed by atoms with E-state index in [1.807, 2.05) is 0 Å². The zero-order valence-corrected chi connectivity index (χ0v) is 11.8. The molecule has 3 N–H and O–H groups in total. The molecule has 0 unspecified atom stereocenters. The van der Waals surface area contributed by atoms with E-state index in [0.29, 0.717) is 0 Å². The van der Waals surface area contributed by atoms with E-state index in [1.165, 1.54) is 0 Å². The molecule has 0 aromatic carbocycles. The fourth-order valence-corrected chi connectivity index (χ4v) is 0.521. The van der Waals surface area contributed by atoms with E-state index in [-0.39, 0.29) is 0 Å². The van der Waals surface area contributed by atoms with Gasteiger partial charge >= 0.3 is 14.0 Å². The molecule has 0 atom stereocenters. The Labute approximate surface area is 101 Å². The molecule has 0 aliphatic rings. The summed E-state index contributed by atoms with van der Waals surface area (Å²) < 4.78 is 18.8. The summed E-state index contributed by atoms with van der Waals surface area (Å²) in [5.74, 6) is 0. The molecule has 0 fully saturated rings. The van der Waals surface area contributed by atoms with E-state index in [2.05, 4.69) is 0 Å². The standard InChI is InChI=1S/C9H18O3.H3O4P/c1-8(2,3)11-7(10)12-9(4,5)6;1-5(2,3)4/h1-6H3;(H3,1,2,3,4). The summed E-state index contributed by atoms with van der Waals surface area (Å²) >= 11 is 0. The van der Waals surface area contributed by atoms with Crippen LogP contribution in [0.25, 0.3) is 0 Å². The van der Waals surface area contributed by atoms with Gasteiger partial charge in [-0.1, -0.05) is 0 Å². The number of carbonyl (C=O) groups excluding carboxylic acids is 1. The molecule has 0 saturated carbocycles. The molecule has 7 nitrogen and oxygen atoms in total. The fraction of sp³-hybridized carbons (Fsp3) is 0.889. The number of ether oxygens (including phenoxy) is 2. The summed E-state index contributed by atoms with van der Waals surface area (Å²) in [7, 11) is -4.64. The summed E-state index contributed by atoms with van der Waals surface area (Å²) in [6.45, 7) is 10.8. The van der Waals surface area contributed by atoms with Gasteiger partial charge in [0.2, 0.25) is 0 Å². The van der Waals surface area contributed by atoms with Gasteiger partial charge < -0.3 is 24.2 Å². The normalized spacial score (nSPS) is 12.3. The average Bonchev–Trinajstić information content (AvgIpc) is 1.69. The monoisotopic (exact) mass is 272 g/mol. The second-order valence-electron chi connectivity index (χ2n) is 5.19. The Morgan fingerprint density at radius 3 is 1.18 bits per heavy atom. The molecule has 8 heteroatoms. The van der Waals surface area contributed by atoms with Crippen molar-refractivity contribution in [2.75, 3.05) is 0 Å². The molecule has 0 aromatic heterocycles. The van der Waals surface area contributed by atoms with E-state index in [4.69, 9.17) is 28.7 Å². The number of hydrogen-bond acceptors (Lipinski definition) is 4. The van der Waals surface area contributed by atoms with E-state index >= 15 is 0 Å². The molecule has 0 spiro atoms. The maximum atomic E-state index is 11.0. The molecule has 104 valence electrons. The van der Waals surface area contributed by atoms with Crippen molar-refractivity contribution in [2.24, 2.45) is 0 Å². The Bertz CT molecular complexity index is 254. The van der Waals surface area contributed by atoms with Crippen molar-refractivity contribution in [1.29, 1.82) is 0 Å². The van der Waals surface area contributed by atoms with Crippen molar-refractivity contribution in [3.63, 3.8) is 0 Å². The van der Waals surface area contributed by atoms with E-state index in [0.717, 1.165) is 0 Å². The minimum absolute atomic E-state index is 0.484. The molecule has 0 radical (unpaired) electrons. The van der Waals surface area contributed by atoms with Crippen LogP contribution in [0.1, 0.15) is 41.5 Å². The van der Waals surface area contributed by atoms with Gasteiger partial charge in [0.15, 0.2) is 0 Å². The van der Waals surface area contributed by atoms with Gasteiger partial charge in [-0.05, 0) is 41.5 Å². The SMILES string of the molecule is CC(C)(C)OC(=O)OC(C)(C)C.O=P(O)(O)O. The van der Waals surface area contributed by atoms with Crippen LogP contribution in [0.3, 0.4) is 0 Å². The van der Waals surface area contributed by atoms with Crippen LogP contribution >= 0.6 is 7.82 Å². The zero-order chi connectivity index (χ0) is 14.5. The Morgan fingerprint density at radius 2 is 1.06 bits per heavy atom. The lowest BCUT2D eigenvalue weighted by Gasteiger charge is -2.24. The molecule has 0 aliphatic carbocycles. The second kappa shape index (κ2) is 6.35. The summed E-state index contributed by atoms with van der Waals surface area (Å²) in [6.07, 6.45) is -0.616. The van der Waals surface area contributed by atoms with Crippen molar-refractivity contribution in [2.45, 2.75) is 52.7 Å². The van der Waals surface area contributed by atoms with Gasteiger partial charge in [0, 0.05) is 0 Å². The summed E-state index contributed by atoms with van der Waals surface area (Å²) in [4.78, 5) is 32.6. The van der Waals surface area contributed by atoms with Crippen LogP contribution in [-0.4, -0.2) is 32.0 Å². The van der Waals surface area contributed by atoms with Gasteiger partial charge in [-0.25, -0.2) is 9.36 Å². The molecular weight excluding hydrogens is 251 g/mol. The highest BCUT2D eigenvalue weighted by Crippen LogP contribution is 2.25. The van der Waals surface area contributed by atoms with Crippen LogP contribution in [0.4, 0.5) is 4.79 Å². The third-order valence-electron chi connectivity index (χ3n) is 0.779. The smallest absolute Gasteiger partial charge is 0.429 e. The van der Waals surface area contributed by atoms with E-state index < -0.39 is 25.2 Å². The van der Waals surface area contributed by atoms with Crippen molar-refractivity contribution < 1.29 is 33.5 Å². The van der Waals surface area contributed by atoms with Gasteiger partial charge in [-0.15, -0.1) is 0 Å². The Hall–Kier alpha value is -0.620. The summed E-state index contributed by atoms with van der Waals surface area (Å²) in [5.41, 5.74) is -0.968. The van der Waals surface area contributed by atoms with Crippen LogP contribution in [0, 0.1) is 0 Å². The molecule has 0 saturated heterocycles. The van der Waals surface area contributed by atoms with Crippen molar-refractivity contribution >= 4 is 14.0 Å². The summed E-state index contributed by atoms with van der Waals surface area (Å²) in [6, 6.07) is 0. The Balaban J connectivity index is 0. The molecule has 0 amide bonds. The third-order valence-corrected chi connectivity index (χ3v) is 0.779. The maximum absolute atomic E-state index is 11.0. The third kappa shape index (κ3) is 31.3. The van der Waals surface area contributed by atoms with Crippen LogP contribution in [0.5, 0.6) is 0 Å². The quantitative estimate of drug-likeness (QED) is 0.455. The molecule has 0 aliphatic heterocycles. The van der Waals surface area contributed by atoms with Gasteiger partial charge in [0.25, 0.3) is 0 Å². The van der Waals surface area contributed by atoms with Crippen molar-refractivity contribution in [3.8, 4) is 0 Å². The van der Waals surface area contributed by atoms with Crippen molar-refractivity contribution in [1.82, 2.24) is 0 Å². The maximum Gasteiger partial charge on any atom is 0.509 e. The van der Waals surface area contributed by atoms with Crippen LogP contribution in [0.2, 0.25) is 0 Å². The highest BCUT2D eigenvalue weighted by molar-refractivity contribution is 7.45. The Kier molecular flexibility index (Phi) is 7.00. The number of hydrogen-bond donors (Lipinski definition) is 3. The predicted octanol–water partition coefficient (Wildman–Crippen LogP) is 1.81. The first kappa shape index (κ1) is 18.7. The fourth-order valence-electron chi connectivity index (χ4n) is 0.521. The first-order valence-corrected chi connectivity index (χ1v) is 6.37. The average molecular weight is 272 g/mol. The van der Waals surface area contributed by atoms with Crippen LogP contribution < -0.4 is 0 Å². The van der Waals surface area contributed by atoms with E-state index in [9.17, 15) is 4.79 Å². The number of carbonyl (C=O) groups is 1. The molecule has 0 rings (SSSR count). The lowest BCUT2D eigenvalue weighted by atomic mass is 10.2. The lowest BCUT2D eigenvalue weighted by Crippen LogP contribution is -2.30. The lowest BCUT2D eigenvalue weighted by molar-refractivity contribution is -0.0468. The minimum atomic E-state index is -4.64. The first-order valence-electron chi connectivity index (χ1n) is 4.80. The van der Waals surface area contributed by atoms with Gasteiger partial charge in [0.1, 0.15) is 11.2 Å². The van der Waals surface area contributed by atoms with E-state index in [1.54, 1.807) is 41.5 Å². The molecule has 0 heterocycles. The minimum Gasteiger partial charge on any atom is -0.429 e. The molecule has 17 heavy (non-hydrogen) atoms. The summed E-state index contributed by atoms with van der Waals surface area (Å²) in [5, 5.41) is 0. The van der Waals surface area contributed by atoms with Crippen LogP contribution in [0.15, 0.2) is 0 Å². The van der Waals surface area contributed by atoms with Crippen molar-refractivity contribution in [3.05, 3.63) is 0 Å². The van der Waals surface area contributed by atoms with Gasteiger partial charge in [-0.3, -0.25) is 0 Å². The van der Waals surface area contributed by atoms with Crippen LogP contribution in [-0.2, 0) is 14.0 Å². The number of phosphoric acid groups is 1. The second-order valence-corrected chi connectivity index (χ2v) is 6.22. The predicted molar refractivity (Wildman–Crippen MR) is 61.3 cm³/mol. The Morgan fingerprint density at radius 1 is 0.882 bits per heavy atom. The topological polar surface area (TPSA) is 113 Å². The number of rotatable bonds is 0. The highest BCUT2D eigenvalue weighted by atomic mass is 31.2. The highest BCUT2D eigenvalue weighted by Gasteiger charge is 2.22. The van der Waals surface area contributed by atoms with Gasteiger partial charge in [0.05, 0.1) is 0 Å². The zero-order valence-electron chi connectivity index (χ0n) is 10.9. The van der Waals surface area contributed by atoms with Gasteiger partial charge in [-0.2, -0.15) is 0 Å². The first-order chi connectivity index (χ1) is 7.10. The molecular formula is C9H21O7P. The largest absolute Gasteiger partial charge is 0.509 e.